The minimum absolute atomic E-state index is 0.155. The minimum Gasteiger partial charge on any atom is -0.456 e. The SMILES string of the molecule is O=S(=O)(Nc1ccc2nccc(N3CCNCC3)c2c1)c1ccc2c(c1)oc1ccccc12. The summed E-state index contributed by atoms with van der Waals surface area (Å²) in [6, 6.07) is 20.1. The Morgan fingerprint density at radius 3 is 2.58 bits per heavy atom. The maximum absolute atomic E-state index is 13.2. The maximum Gasteiger partial charge on any atom is 0.262 e. The summed E-state index contributed by atoms with van der Waals surface area (Å²) in [6.07, 6.45) is 1.80. The number of fused-ring (bicyclic) bond motifs is 4. The molecular weight excluding hydrogens is 436 g/mol. The summed E-state index contributed by atoms with van der Waals surface area (Å²) < 4.78 is 35.0. The number of nitrogens with one attached hydrogen (secondary N) is 2. The fraction of sp³-hybridized carbons (Fsp3) is 0.160. The van der Waals surface area contributed by atoms with Crippen LogP contribution in [0, 0.1) is 0 Å². The van der Waals surface area contributed by atoms with Crippen LogP contribution < -0.4 is 14.9 Å². The average Bonchev–Trinajstić information content (AvgIpc) is 3.22. The quantitative estimate of drug-likeness (QED) is 0.417. The van der Waals surface area contributed by atoms with E-state index >= 15 is 0 Å². The molecule has 7 nitrogen and oxygen atoms in total. The zero-order valence-electron chi connectivity index (χ0n) is 17.8. The summed E-state index contributed by atoms with van der Waals surface area (Å²) in [6.45, 7) is 3.62. The monoisotopic (exact) mass is 458 g/mol. The molecule has 0 radical (unpaired) electrons. The molecule has 166 valence electrons. The molecule has 0 amide bonds. The van der Waals surface area contributed by atoms with Gasteiger partial charge in [-0.1, -0.05) is 18.2 Å². The topological polar surface area (TPSA) is 87.5 Å². The number of anilines is 2. The number of rotatable bonds is 4. The van der Waals surface area contributed by atoms with Crippen molar-refractivity contribution in [1.29, 1.82) is 0 Å². The van der Waals surface area contributed by atoms with Gasteiger partial charge in [0.05, 0.1) is 10.4 Å². The van der Waals surface area contributed by atoms with E-state index in [1.54, 1.807) is 30.5 Å². The zero-order chi connectivity index (χ0) is 22.4. The van der Waals surface area contributed by atoms with Gasteiger partial charge in [-0.2, -0.15) is 0 Å². The fourth-order valence-electron chi connectivity index (χ4n) is 4.46. The normalized spacial score (nSPS) is 14.8. The van der Waals surface area contributed by atoms with Gasteiger partial charge in [0.15, 0.2) is 0 Å². The van der Waals surface area contributed by atoms with E-state index in [1.165, 1.54) is 0 Å². The molecule has 0 bridgehead atoms. The molecule has 0 aliphatic carbocycles. The number of sulfonamides is 1. The Labute approximate surface area is 191 Å². The van der Waals surface area contributed by atoms with Gasteiger partial charge in [0.25, 0.3) is 10.0 Å². The fourth-order valence-corrected chi connectivity index (χ4v) is 5.53. The molecule has 2 N–H and O–H groups in total. The third-order valence-electron chi connectivity index (χ3n) is 6.09. The Kier molecular flexibility index (Phi) is 4.70. The lowest BCUT2D eigenvalue weighted by atomic mass is 10.1. The predicted octanol–water partition coefficient (Wildman–Crippen LogP) is 4.34. The van der Waals surface area contributed by atoms with Gasteiger partial charge in [-0.05, 0) is 42.5 Å². The van der Waals surface area contributed by atoms with Gasteiger partial charge in [-0.15, -0.1) is 0 Å². The van der Waals surface area contributed by atoms with Crippen molar-refractivity contribution in [3.8, 4) is 0 Å². The largest absolute Gasteiger partial charge is 0.456 e. The first-order valence-electron chi connectivity index (χ1n) is 10.9. The van der Waals surface area contributed by atoms with Gasteiger partial charge in [0, 0.05) is 66.0 Å². The van der Waals surface area contributed by atoms with Crippen LogP contribution in [-0.4, -0.2) is 39.6 Å². The number of furan rings is 1. The number of aromatic nitrogens is 1. The lowest BCUT2D eigenvalue weighted by molar-refractivity contribution is 0.590. The highest BCUT2D eigenvalue weighted by Crippen LogP contribution is 2.32. The summed E-state index contributed by atoms with van der Waals surface area (Å²) in [7, 11) is -3.80. The van der Waals surface area contributed by atoms with Gasteiger partial charge in [0.1, 0.15) is 11.2 Å². The molecule has 33 heavy (non-hydrogen) atoms. The van der Waals surface area contributed by atoms with Crippen LogP contribution in [0.25, 0.3) is 32.8 Å². The number of hydrogen-bond acceptors (Lipinski definition) is 6. The van der Waals surface area contributed by atoms with E-state index < -0.39 is 10.0 Å². The van der Waals surface area contributed by atoms with Gasteiger partial charge in [-0.25, -0.2) is 8.42 Å². The van der Waals surface area contributed by atoms with E-state index in [0.29, 0.717) is 11.3 Å². The van der Waals surface area contributed by atoms with E-state index in [2.05, 4.69) is 19.9 Å². The molecule has 1 aliphatic rings. The molecule has 2 aromatic heterocycles. The molecule has 0 atom stereocenters. The summed E-state index contributed by atoms with van der Waals surface area (Å²) in [5.74, 6) is 0. The van der Waals surface area contributed by atoms with Crippen molar-refractivity contribution in [2.24, 2.45) is 0 Å². The Balaban J connectivity index is 1.36. The molecule has 3 heterocycles. The molecule has 1 saturated heterocycles. The smallest absolute Gasteiger partial charge is 0.262 e. The van der Waals surface area contributed by atoms with Crippen molar-refractivity contribution in [2.75, 3.05) is 35.8 Å². The Morgan fingerprint density at radius 2 is 1.70 bits per heavy atom. The third-order valence-corrected chi connectivity index (χ3v) is 7.47. The second kappa shape index (κ2) is 7.75. The standard InChI is InChI=1S/C25H22N4O3S/c30-33(31,18-6-7-20-19-3-1-2-4-24(19)32-25(20)16-18)28-17-5-8-22-21(15-17)23(9-10-27-22)29-13-11-26-12-14-29/h1-10,15-16,26,28H,11-14H2. The zero-order valence-corrected chi connectivity index (χ0v) is 18.6. The summed E-state index contributed by atoms with van der Waals surface area (Å²) in [5.41, 5.74) is 3.67. The Bertz CT molecular complexity index is 1600. The summed E-state index contributed by atoms with van der Waals surface area (Å²) in [4.78, 5) is 6.91. The number of benzene rings is 3. The number of piperazine rings is 1. The lowest BCUT2D eigenvalue weighted by Gasteiger charge is -2.30. The summed E-state index contributed by atoms with van der Waals surface area (Å²) in [5, 5.41) is 6.14. The molecule has 1 aliphatic heterocycles. The Hall–Kier alpha value is -3.62. The second-order valence-electron chi connectivity index (χ2n) is 8.16. The van der Waals surface area contributed by atoms with Gasteiger partial charge >= 0.3 is 0 Å². The highest BCUT2D eigenvalue weighted by molar-refractivity contribution is 7.92. The second-order valence-corrected chi connectivity index (χ2v) is 9.84. The molecule has 5 aromatic rings. The highest BCUT2D eigenvalue weighted by Gasteiger charge is 2.19. The first kappa shape index (κ1) is 20.0. The molecular formula is C25H22N4O3S. The van der Waals surface area contributed by atoms with E-state index in [4.69, 9.17) is 4.42 Å². The number of para-hydroxylation sites is 1. The highest BCUT2D eigenvalue weighted by atomic mass is 32.2. The van der Waals surface area contributed by atoms with Crippen molar-refractivity contribution in [3.63, 3.8) is 0 Å². The third kappa shape index (κ3) is 3.57. The molecule has 1 fully saturated rings. The van der Waals surface area contributed by atoms with Crippen molar-refractivity contribution in [2.45, 2.75) is 4.90 Å². The molecule has 3 aromatic carbocycles. The maximum atomic E-state index is 13.2. The Morgan fingerprint density at radius 1 is 0.879 bits per heavy atom. The van der Waals surface area contributed by atoms with E-state index in [0.717, 1.165) is 59.1 Å². The van der Waals surface area contributed by atoms with Crippen LogP contribution >= 0.6 is 0 Å². The molecule has 0 spiro atoms. The summed E-state index contributed by atoms with van der Waals surface area (Å²) >= 11 is 0. The lowest BCUT2D eigenvalue weighted by Crippen LogP contribution is -2.43. The minimum atomic E-state index is -3.80. The molecule has 0 unspecified atom stereocenters. The van der Waals surface area contributed by atoms with Crippen LogP contribution in [0.15, 0.2) is 82.2 Å². The van der Waals surface area contributed by atoms with E-state index in [9.17, 15) is 8.42 Å². The first-order valence-corrected chi connectivity index (χ1v) is 12.4. The van der Waals surface area contributed by atoms with Crippen LogP contribution in [0.3, 0.4) is 0 Å². The molecule has 0 saturated carbocycles. The van der Waals surface area contributed by atoms with Crippen molar-refractivity contribution < 1.29 is 12.8 Å². The first-order chi connectivity index (χ1) is 16.1. The van der Waals surface area contributed by atoms with Crippen LogP contribution in [0.5, 0.6) is 0 Å². The number of hydrogen-bond donors (Lipinski definition) is 2. The van der Waals surface area contributed by atoms with Gasteiger partial charge in [0.2, 0.25) is 0 Å². The van der Waals surface area contributed by atoms with Crippen LogP contribution in [0.4, 0.5) is 11.4 Å². The van der Waals surface area contributed by atoms with Crippen molar-refractivity contribution in [3.05, 3.63) is 72.9 Å². The van der Waals surface area contributed by atoms with Crippen LogP contribution in [-0.2, 0) is 10.0 Å². The average molecular weight is 459 g/mol. The molecule has 8 heteroatoms. The van der Waals surface area contributed by atoms with Crippen LogP contribution in [0.2, 0.25) is 0 Å². The van der Waals surface area contributed by atoms with Crippen LogP contribution in [0.1, 0.15) is 0 Å². The number of nitrogens with zero attached hydrogens (tertiary/aromatic N) is 2. The van der Waals surface area contributed by atoms with Crippen molar-refractivity contribution in [1.82, 2.24) is 10.3 Å². The van der Waals surface area contributed by atoms with E-state index in [1.807, 2.05) is 42.5 Å². The van der Waals surface area contributed by atoms with Crippen molar-refractivity contribution >= 4 is 54.2 Å². The van der Waals surface area contributed by atoms with Gasteiger partial charge in [-0.3, -0.25) is 9.71 Å². The predicted molar refractivity (Wildman–Crippen MR) is 131 cm³/mol. The number of pyridine rings is 1. The van der Waals surface area contributed by atoms with E-state index in [-0.39, 0.29) is 4.90 Å². The van der Waals surface area contributed by atoms with Gasteiger partial charge < -0.3 is 14.6 Å². The molecule has 6 rings (SSSR count).